The van der Waals surface area contributed by atoms with Crippen LogP contribution in [0.1, 0.15) is 62.8 Å². The average molecular weight is 487 g/mol. The van der Waals surface area contributed by atoms with Crippen molar-refractivity contribution >= 4 is 23.8 Å². The molecule has 1 unspecified atom stereocenters. The van der Waals surface area contributed by atoms with Crippen molar-refractivity contribution < 1.29 is 18.8 Å². The van der Waals surface area contributed by atoms with Crippen LogP contribution in [0.3, 0.4) is 0 Å². The number of aldehydes is 1. The van der Waals surface area contributed by atoms with Crippen LogP contribution in [0.2, 0.25) is 0 Å². The van der Waals surface area contributed by atoms with Crippen LogP contribution in [0.15, 0.2) is 18.2 Å². The van der Waals surface area contributed by atoms with Crippen LogP contribution in [0.25, 0.3) is 0 Å². The molecular formula is C27H39FN4O3. The van der Waals surface area contributed by atoms with Gasteiger partial charge in [0, 0.05) is 52.7 Å². The summed E-state index contributed by atoms with van der Waals surface area (Å²) in [5.74, 6) is -0.905. The maximum absolute atomic E-state index is 15.0. The summed E-state index contributed by atoms with van der Waals surface area (Å²) in [6.07, 6.45) is 9.04. The Morgan fingerprint density at radius 2 is 1.74 bits per heavy atom. The van der Waals surface area contributed by atoms with Crippen LogP contribution in [0, 0.1) is 11.2 Å². The minimum absolute atomic E-state index is 0.218. The minimum atomic E-state index is -0.546. The van der Waals surface area contributed by atoms with E-state index in [1.165, 1.54) is 31.7 Å². The van der Waals surface area contributed by atoms with Gasteiger partial charge in [-0.05, 0) is 55.2 Å². The largest absolute Gasteiger partial charge is 0.367 e. The highest BCUT2D eigenvalue weighted by Crippen LogP contribution is 2.46. The summed E-state index contributed by atoms with van der Waals surface area (Å²) < 4.78 is 15.0. The molecular weight excluding hydrogens is 447 g/mol. The van der Waals surface area contributed by atoms with Gasteiger partial charge in [-0.2, -0.15) is 0 Å². The minimum Gasteiger partial charge on any atom is -0.367 e. The van der Waals surface area contributed by atoms with Crippen LogP contribution in [0.4, 0.5) is 10.1 Å². The van der Waals surface area contributed by atoms with E-state index in [2.05, 4.69) is 10.2 Å². The summed E-state index contributed by atoms with van der Waals surface area (Å²) in [5, 5.41) is 2.60. The van der Waals surface area contributed by atoms with E-state index >= 15 is 4.39 Å². The molecule has 3 aliphatic rings. The molecule has 2 aliphatic heterocycles. The first-order valence-electron chi connectivity index (χ1n) is 13.1. The normalized spacial score (nSPS) is 21.2. The molecule has 192 valence electrons. The summed E-state index contributed by atoms with van der Waals surface area (Å²) in [7, 11) is 1.54. The summed E-state index contributed by atoms with van der Waals surface area (Å²) in [4.78, 5) is 42.1. The summed E-state index contributed by atoms with van der Waals surface area (Å²) in [6, 6.07) is 4.94. The quantitative estimate of drug-likeness (QED) is 0.572. The zero-order chi connectivity index (χ0) is 24.8. The van der Waals surface area contributed by atoms with Crippen molar-refractivity contribution in [3.05, 3.63) is 29.6 Å². The number of halogens is 1. The number of amides is 2. The van der Waals surface area contributed by atoms with E-state index in [1.54, 1.807) is 19.2 Å². The Morgan fingerprint density at radius 3 is 2.34 bits per heavy atom. The van der Waals surface area contributed by atoms with Crippen LogP contribution >= 0.6 is 0 Å². The van der Waals surface area contributed by atoms with Gasteiger partial charge in [0.1, 0.15) is 12.1 Å². The van der Waals surface area contributed by atoms with Gasteiger partial charge in [-0.3, -0.25) is 14.5 Å². The third kappa shape index (κ3) is 6.02. The molecule has 1 saturated carbocycles. The van der Waals surface area contributed by atoms with Gasteiger partial charge >= 0.3 is 0 Å². The van der Waals surface area contributed by atoms with Gasteiger partial charge in [0.05, 0.1) is 18.2 Å². The molecule has 1 atom stereocenters. The number of piperidine rings is 1. The van der Waals surface area contributed by atoms with Crippen LogP contribution < -0.4 is 10.2 Å². The molecule has 3 fully saturated rings. The van der Waals surface area contributed by atoms with E-state index in [-0.39, 0.29) is 24.1 Å². The Kier molecular flexibility index (Phi) is 8.42. The van der Waals surface area contributed by atoms with Crippen molar-refractivity contribution in [2.24, 2.45) is 5.41 Å². The number of likely N-dealkylation sites (tertiary alicyclic amines) is 1. The van der Waals surface area contributed by atoms with E-state index in [0.717, 1.165) is 32.2 Å². The number of carbonyl (C=O) groups is 3. The fraction of sp³-hybridized carbons (Fsp3) is 0.667. The monoisotopic (exact) mass is 486 g/mol. The lowest BCUT2D eigenvalue weighted by molar-refractivity contribution is -0.134. The number of carbonyl (C=O) groups excluding carboxylic acids is 3. The smallest absolute Gasteiger partial charge is 0.236 e. The third-order valence-electron chi connectivity index (χ3n) is 8.42. The van der Waals surface area contributed by atoms with E-state index < -0.39 is 5.92 Å². The zero-order valence-electron chi connectivity index (χ0n) is 20.9. The van der Waals surface area contributed by atoms with Crippen molar-refractivity contribution in [2.45, 2.75) is 57.3 Å². The Hall–Kier alpha value is -2.48. The fourth-order valence-electron chi connectivity index (χ4n) is 6.15. The number of nitrogens with zero attached hydrogens (tertiary/aromatic N) is 3. The summed E-state index contributed by atoms with van der Waals surface area (Å²) >= 11 is 0. The first-order valence-corrected chi connectivity index (χ1v) is 13.1. The number of hydrogen-bond donors (Lipinski definition) is 1. The third-order valence-corrected chi connectivity index (χ3v) is 8.42. The fourth-order valence-corrected chi connectivity index (χ4v) is 6.15. The van der Waals surface area contributed by atoms with Crippen molar-refractivity contribution in [1.29, 1.82) is 0 Å². The van der Waals surface area contributed by atoms with Crippen LogP contribution in [0.5, 0.6) is 0 Å². The van der Waals surface area contributed by atoms with Gasteiger partial charge in [-0.1, -0.05) is 18.9 Å². The molecule has 0 bridgehead atoms. The predicted molar refractivity (Wildman–Crippen MR) is 134 cm³/mol. The predicted octanol–water partition coefficient (Wildman–Crippen LogP) is 2.94. The van der Waals surface area contributed by atoms with Gasteiger partial charge < -0.3 is 19.9 Å². The zero-order valence-corrected chi connectivity index (χ0v) is 20.9. The second-order valence-corrected chi connectivity index (χ2v) is 10.5. The Balaban J connectivity index is 1.28. The highest BCUT2D eigenvalue weighted by molar-refractivity contribution is 5.83. The summed E-state index contributed by atoms with van der Waals surface area (Å²) in [5.41, 5.74) is 1.61. The first kappa shape index (κ1) is 25.6. The van der Waals surface area contributed by atoms with Crippen molar-refractivity contribution in [3.63, 3.8) is 0 Å². The van der Waals surface area contributed by atoms with E-state index in [1.807, 2.05) is 9.80 Å². The highest BCUT2D eigenvalue weighted by Gasteiger charge is 2.38. The lowest BCUT2D eigenvalue weighted by atomic mass is 9.77. The second kappa shape index (κ2) is 11.5. The number of anilines is 1. The Labute approximate surface area is 208 Å². The molecule has 0 aromatic heterocycles. The van der Waals surface area contributed by atoms with Crippen LogP contribution in [-0.2, 0) is 14.4 Å². The molecule has 7 nitrogen and oxygen atoms in total. The van der Waals surface area contributed by atoms with Crippen LogP contribution in [-0.4, -0.2) is 80.8 Å². The van der Waals surface area contributed by atoms with Crippen molar-refractivity contribution in [2.75, 3.05) is 57.8 Å². The molecule has 4 rings (SSSR count). The first-order chi connectivity index (χ1) is 16.9. The van der Waals surface area contributed by atoms with E-state index in [0.29, 0.717) is 55.8 Å². The van der Waals surface area contributed by atoms with Crippen molar-refractivity contribution in [1.82, 2.24) is 15.1 Å². The van der Waals surface area contributed by atoms with E-state index in [4.69, 9.17) is 0 Å². The maximum atomic E-state index is 15.0. The molecule has 8 heteroatoms. The van der Waals surface area contributed by atoms with Crippen molar-refractivity contribution in [3.8, 4) is 0 Å². The molecule has 0 radical (unpaired) electrons. The van der Waals surface area contributed by atoms with Gasteiger partial charge in [-0.15, -0.1) is 0 Å². The number of rotatable bonds is 8. The van der Waals surface area contributed by atoms with E-state index in [9.17, 15) is 14.4 Å². The second-order valence-electron chi connectivity index (χ2n) is 10.5. The van der Waals surface area contributed by atoms with Gasteiger partial charge in [-0.25, -0.2) is 4.39 Å². The number of benzene rings is 1. The lowest BCUT2D eigenvalue weighted by Crippen LogP contribution is -2.51. The Bertz CT molecular complexity index is 900. The standard InChI is InChI=1S/C27H39FN4O3/c1-29-26(35)22(5-4-18-33)21-6-7-24(23(28)19-21)31-16-14-30(15-17-31)20-25(34)32-12-10-27(11-13-32)8-2-3-9-27/h6-7,18-19,22H,2-5,8-17,20H2,1H3,(H,29,35). The molecule has 1 aromatic rings. The van der Waals surface area contributed by atoms with Gasteiger partial charge in [0.25, 0.3) is 0 Å². The topological polar surface area (TPSA) is 73.0 Å². The number of piperazine rings is 1. The lowest BCUT2D eigenvalue weighted by Gasteiger charge is -2.41. The molecule has 1 aromatic carbocycles. The molecule has 1 spiro atoms. The van der Waals surface area contributed by atoms with Gasteiger partial charge in [0.15, 0.2) is 0 Å². The summed E-state index contributed by atoms with van der Waals surface area (Å²) in [6.45, 7) is 4.94. The maximum Gasteiger partial charge on any atom is 0.236 e. The molecule has 1 aliphatic carbocycles. The molecule has 2 saturated heterocycles. The molecule has 35 heavy (non-hydrogen) atoms. The number of likely N-dealkylation sites (N-methyl/N-ethyl adjacent to an activating group) is 1. The molecule has 2 amide bonds. The SMILES string of the molecule is CNC(=O)C(CCC=O)c1ccc(N2CCN(CC(=O)N3CCC4(CCCC4)CC3)CC2)c(F)c1. The van der Waals surface area contributed by atoms with Gasteiger partial charge in [0.2, 0.25) is 11.8 Å². The Morgan fingerprint density at radius 1 is 1.06 bits per heavy atom. The highest BCUT2D eigenvalue weighted by atomic mass is 19.1. The molecule has 1 N–H and O–H groups in total. The number of nitrogens with one attached hydrogen (secondary N) is 1. The average Bonchev–Trinajstić information content (AvgIpc) is 3.33. The molecule has 2 heterocycles. The number of hydrogen-bond acceptors (Lipinski definition) is 5.